The number of halogens is 1. The molecular weight excluding hydrogens is 298 g/mol. The maximum Gasteiger partial charge on any atom is 0.242 e. The Hall–Kier alpha value is -1.13. The number of amides is 1. The van der Waals surface area contributed by atoms with E-state index < -0.39 is 0 Å². The first kappa shape index (κ1) is 15.8. The van der Waals surface area contributed by atoms with E-state index in [1.807, 2.05) is 13.0 Å². The molecule has 0 bridgehead atoms. The van der Waals surface area contributed by atoms with Gasteiger partial charge in [0.2, 0.25) is 5.91 Å². The lowest BCUT2D eigenvalue weighted by Crippen LogP contribution is -2.49. The molecule has 120 valence electrons. The molecule has 2 heterocycles. The van der Waals surface area contributed by atoms with Crippen LogP contribution in [0.3, 0.4) is 0 Å². The van der Waals surface area contributed by atoms with Crippen LogP contribution >= 0.6 is 11.6 Å². The highest BCUT2D eigenvalue weighted by atomic mass is 35.5. The number of piperidine rings is 1. The fourth-order valence-electron chi connectivity index (χ4n) is 4.19. The van der Waals surface area contributed by atoms with Crippen LogP contribution in [-0.2, 0) is 4.79 Å². The molecule has 1 aliphatic heterocycles. The van der Waals surface area contributed by atoms with Gasteiger partial charge < -0.3 is 5.32 Å². The minimum atomic E-state index is -0.168. The Morgan fingerprint density at radius 3 is 2.73 bits per heavy atom. The third kappa shape index (κ3) is 2.24. The molecular formula is C17H24ClN3O. The summed E-state index contributed by atoms with van der Waals surface area (Å²) in [7, 11) is 0. The number of fused-ring (bicyclic) bond motifs is 1. The highest BCUT2D eigenvalue weighted by Gasteiger charge is 2.74. The average Bonchev–Trinajstić information content (AvgIpc) is 2.88. The second-order valence-corrected chi connectivity index (χ2v) is 8.47. The Balaban J connectivity index is 1.75. The van der Waals surface area contributed by atoms with Crippen molar-refractivity contribution in [3.05, 3.63) is 22.8 Å². The summed E-state index contributed by atoms with van der Waals surface area (Å²) in [5.41, 5.74) is 1.34. The Bertz CT molecular complexity index is 639. The normalized spacial score (nSPS) is 33.5. The number of nitrogens with zero attached hydrogens (tertiary/aromatic N) is 1. The Morgan fingerprint density at radius 2 is 2.14 bits per heavy atom. The van der Waals surface area contributed by atoms with Crippen LogP contribution in [0.5, 0.6) is 0 Å². The molecule has 1 amide bonds. The van der Waals surface area contributed by atoms with Crippen LogP contribution in [0.25, 0.3) is 0 Å². The van der Waals surface area contributed by atoms with Crippen molar-refractivity contribution in [1.29, 1.82) is 0 Å². The Kier molecular flexibility index (Phi) is 3.35. The van der Waals surface area contributed by atoms with Gasteiger partial charge in [-0.3, -0.25) is 10.1 Å². The van der Waals surface area contributed by atoms with Crippen LogP contribution in [0, 0.1) is 17.8 Å². The number of aryl methyl sites for hydroxylation is 1. The van der Waals surface area contributed by atoms with Crippen LogP contribution in [0.2, 0.25) is 5.15 Å². The molecule has 1 saturated heterocycles. The van der Waals surface area contributed by atoms with Crippen LogP contribution in [-0.4, -0.2) is 22.5 Å². The van der Waals surface area contributed by atoms with Crippen molar-refractivity contribution in [2.45, 2.75) is 59.0 Å². The lowest BCUT2D eigenvalue weighted by molar-refractivity contribution is -0.118. The van der Waals surface area contributed by atoms with Gasteiger partial charge in [0.05, 0.1) is 6.04 Å². The molecule has 1 aromatic heterocycles. The summed E-state index contributed by atoms with van der Waals surface area (Å²) in [6.45, 7) is 10.9. The van der Waals surface area contributed by atoms with E-state index in [4.69, 9.17) is 11.6 Å². The molecule has 2 N–H and O–H groups in total. The lowest BCUT2D eigenvalue weighted by atomic mass is 9.80. The van der Waals surface area contributed by atoms with Crippen molar-refractivity contribution in [1.82, 2.24) is 10.3 Å². The molecule has 0 radical (unpaired) electrons. The van der Waals surface area contributed by atoms with E-state index in [1.165, 1.54) is 0 Å². The number of rotatable bonds is 2. The molecule has 3 rings (SSSR count). The van der Waals surface area contributed by atoms with E-state index in [9.17, 15) is 4.79 Å². The highest BCUT2D eigenvalue weighted by Crippen LogP contribution is 2.69. The van der Waals surface area contributed by atoms with Crippen molar-refractivity contribution >= 4 is 23.3 Å². The number of nitrogens with one attached hydrogen (secondary N) is 2. The number of hydrogen-bond acceptors (Lipinski definition) is 3. The molecule has 5 heteroatoms. The zero-order valence-electron chi connectivity index (χ0n) is 13.9. The quantitative estimate of drug-likeness (QED) is 0.819. The van der Waals surface area contributed by atoms with Gasteiger partial charge in [-0.15, -0.1) is 0 Å². The van der Waals surface area contributed by atoms with Crippen molar-refractivity contribution in [3.8, 4) is 0 Å². The number of pyridine rings is 1. The highest BCUT2D eigenvalue weighted by molar-refractivity contribution is 6.29. The second kappa shape index (κ2) is 4.68. The van der Waals surface area contributed by atoms with Crippen LogP contribution in [0.4, 0.5) is 5.82 Å². The smallest absolute Gasteiger partial charge is 0.242 e. The van der Waals surface area contributed by atoms with Gasteiger partial charge >= 0.3 is 0 Å². The van der Waals surface area contributed by atoms with Gasteiger partial charge in [0.1, 0.15) is 11.0 Å². The van der Waals surface area contributed by atoms with Crippen molar-refractivity contribution < 1.29 is 4.79 Å². The molecule has 0 aromatic carbocycles. The maximum atomic E-state index is 12.6. The average molecular weight is 322 g/mol. The number of carbonyl (C=O) groups excluding carboxylic acids is 1. The van der Waals surface area contributed by atoms with Gasteiger partial charge in [0, 0.05) is 5.54 Å². The topological polar surface area (TPSA) is 54.0 Å². The van der Waals surface area contributed by atoms with Gasteiger partial charge in [-0.1, -0.05) is 45.4 Å². The summed E-state index contributed by atoms with van der Waals surface area (Å²) < 4.78 is 0. The van der Waals surface area contributed by atoms with E-state index in [-0.39, 0.29) is 28.3 Å². The number of anilines is 1. The predicted molar refractivity (Wildman–Crippen MR) is 89.1 cm³/mol. The van der Waals surface area contributed by atoms with E-state index in [0.29, 0.717) is 11.0 Å². The SMILES string of the molecule is Cc1ccc(Cl)nc1NC(=O)C1C[C@]2(C)C[C@@]2(C(C)(C)C)N1. The standard InChI is InChI=1S/C17H24ClN3O/c1-10-6-7-12(18)19-13(10)20-14(22)11-8-16(5)9-17(16,21-11)15(2,3)4/h6-7,11,21H,8-9H2,1-5H3,(H,19,20,22)/t11?,16-,17+/m1/s1. The Labute approximate surface area is 137 Å². The first-order valence-electron chi connectivity index (χ1n) is 7.80. The molecule has 0 spiro atoms. The van der Waals surface area contributed by atoms with E-state index in [1.54, 1.807) is 6.07 Å². The fourth-order valence-corrected chi connectivity index (χ4v) is 4.34. The molecule has 3 atom stereocenters. The molecule has 1 aliphatic carbocycles. The summed E-state index contributed by atoms with van der Waals surface area (Å²) in [5, 5.41) is 6.92. The molecule has 1 saturated carbocycles. The van der Waals surface area contributed by atoms with E-state index >= 15 is 0 Å². The van der Waals surface area contributed by atoms with E-state index in [0.717, 1.165) is 18.4 Å². The number of hydrogen-bond donors (Lipinski definition) is 2. The van der Waals surface area contributed by atoms with Gasteiger partial charge in [0.15, 0.2) is 0 Å². The first-order valence-corrected chi connectivity index (χ1v) is 8.18. The summed E-state index contributed by atoms with van der Waals surface area (Å²) in [5.74, 6) is 0.532. The summed E-state index contributed by atoms with van der Waals surface area (Å²) >= 11 is 5.92. The summed E-state index contributed by atoms with van der Waals surface area (Å²) in [4.78, 5) is 16.8. The predicted octanol–water partition coefficient (Wildman–Crippen LogP) is 3.54. The number of carbonyl (C=O) groups is 1. The molecule has 22 heavy (non-hydrogen) atoms. The molecule has 1 unspecified atom stereocenters. The van der Waals surface area contributed by atoms with Gasteiger partial charge in [-0.25, -0.2) is 4.98 Å². The van der Waals surface area contributed by atoms with Crippen LogP contribution in [0.1, 0.15) is 46.1 Å². The molecule has 4 nitrogen and oxygen atoms in total. The summed E-state index contributed by atoms with van der Waals surface area (Å²) in [6.07, 6.45) is 2.01. The van der Waals surface area contributed by atoms with E-state index in [2.05, 4.69) is 43.3 Å². The first-order chi connectivity index (χ1) is 10.1. The minimum Gasteiger partial charge on any atom is -0.309 e. The maximum absolute atomic E-state index is 12.6. The zero-order valence-corrected chi connectivity index (χ0v) is 14.6. The van der Waals surface area contributed by atoms with Crippen molar-refractivity contribution in [2.75, 3.05) is 5.32 Å². The third-order valence-corrected chi connectivity index (χ3v) is 5.75. The fraction of sp³-hybridized carbons (Fsp3) is 0.647. The third-order valence-electron chi connectivity index (χ3n) is 5.54. The molecule has 1 aromatic rings. The van der Waals surface area contributed by atoms with Gasteiger partial charge in [0.25, 0.3) is 0 Å². The lowest BCUT2D eigenvalue weighted by Gasteiger charge is -2.32. The minimum absolute atomic E-state index is 0.0186. The molecule has 2 aliphatic rings. The molecule has 2 fully saturated rings. The Morgan fingerprint density at radius 1 is 1.45 bits per heavy atom. The second-order valence-electron chi connectivity index (χ2n) is 8.08. The number of aromatic nitrogens is 1. The monoisotopic (exact) mass is 321 g/mol. The van der Waals surface area contributed by atoms with Crippen molar-refractivity contribution in [3.63, 3.8) is 0 Å². The zero-order chi connectivity index (χ0) is 16.3. The summed E-state index contributed by atoms with van der Waals surface area (Å²) in [6, 6.07) is 3.42. The largest absolute Gasteiger partial charge is 0.309 e. The van der Waals surface area contributed by atoms with Crippen LogP contribution in [0.15, 0.2) is 12.1 Å². The van der Waals surface area contributed by atoms with Gasteiger partial charge in [-0.2, -0.15) is 0 Å². The van der Waals surface area contributed by atoms with Crippen molar-refractivity contribution in [2.24, 2.45) is 10.8 Å². The van der Waals surface area contributed by atoms with Crippen LogP contribution < -0.4 is 10.6 Å². The van der Waals surface area contributed by atoms with Gasteiger partial charge in [-0.05, 0) is 42.2 Å².